The molecule has 2 N–H and O–H groups in total. The van der Waals surface area contributed by atoms with E-state index in [0.29, 0.717) is 23.6 Å². The largest absolute Gasteiger partial charge is 0.467 e. The summed E-state index contributed by atoms with van der Waals surface area (Å²) in [6.45, 7) is 2.26. The van der Waals surface area contributed by atoms with Crippen LogP contribution in [0.3, 0.4) is 0 Å². The maximum atomic E-state index is 12.0. The summed E-state index contributed by atoms with van der Waals surface area (Å²) in [6.07, 6.45) is 3.38. The average Bonchev–Trinajstić information content (AvgIpc) is 3.18. The first kappa shape index (κ1) is 19.2. The fourth-order valence-corrected chi connectivity index (χ4v) is 3.32. The van der Waals surface area contributed by atoms with Gasteiger partial charge in [0, 0.05) is 22.7 Å². The van der Waals surface area contributed by atoms with Crippen LogP contribution < -0.4 is 10.5 Å². The van der Waals surface area contributed by atoms with E-state index in [1.807, 2.05) is 30.3 Å². The van der Waals surface area contributed by atoms with Gasteiger partial charge in [0.25, 0.3) is 5.91 Å². The summed E-state index contributed by atoms with van der Waals surface area (Å²) in [5, 5.41) is 5.29. The molecule has 0 unspecified atom stereocenters. The second-order valence-electron chi connectivity index (χ2n) is 6.59. The lowest BCUT2D eigenvalue weighted by Gasteiger charge is -2.09. The van der Waals surface area contributed by atoms with Gasteiger partial charge in [-0.05, 0) is 30.7 Å². The van der Waals surface area contributed by atoms with Crippen molar-refractivity contribution in [2.45, 2.75) is 13.5 Å². The summed E-state index contributed by atoms with van der Waals surface area (Å²) in [4.78, 5) is 20.3. The van der Waals surface area contributed by atoms with Crippen LogP contribution in [0.25, 0.3) is 22.2 Å². The van der Waals surface area contributed by atoms with Crippen LogP contribution in [0.2, 0.25) is 0 Å². The number of carbonyl (C=O) groups is 1. The van der Waals surface area contributed by atoms with E-state index >= 15 is 0 Å². The molecule has 4 aromatic rings. The Balaban J connectivity index is 1.69. The summed E-state index contributed by atoms with van der Waals surface area (Å²) in [7, 11) is 1.54. The molecule has 0 saturated heterocycles. The van der Waals surface area contributed by atoms with Gasteiger partial charge in [0.05, 0.1) is 36.6 Å². The van der Waals surface area contributed by atoms with Gasteiger partial charge in [0.1, 0.15) is 0 Å². The molecular weight excluding hydrogens is 378 g/mol. The van der Waals surface area contributed by atoms with E-state index in [4.69, 9.17) is 10.5 Å². The number of nitrogens with two attached hydrogens (primary N) is 1. The first-order chi connectivity index (χ1) is 14.6. The number of aromatic nitrogens is 4. The van der Waals surface area contributed by atoms with Crippen molar-refractivity contribution in [2.75, 3.05) is 7.11 Å². The molecule has 0 aliphatic rings. The van der Waals surface area contributed by atoms with Crippen molar-refractivity contribution >= 4 is 16.8 Å². The van der Waals surface area contributed by atoms with Crippen molar-refractivity contribution in [3.63, 3.8) is 0 Å². The summed E-state index contributed by atoms with van der Waals surface area (Å²) in [5.41, 5.74) is 10.3. The standard InChI is InChI=1S/C23H19N5O2/c1-3-4-16-9-10-18(22(24)29)21-19(16)13-26-28(21)14-15-5-7-17(8-6-15)20-11-12-25-23(27-20)30-2/h5-13H,14H2,1-2H3,(H2,24,29). The molecule has 0 aliphatic heterocycles. The second-order valence-corrected chi connectivity index (χ2v) is 6.59. The van der Waals surface area contributed by atoms with Crippen LogP contribution in [0, 0.1) is 11.8 Å². The minimum Gasteiger partial charge on any atom is -0.467 e. The van der Waals surface area contributed by atoms with Crippen molar-refractivity contribution in [2.24, 2.45) is 5.73 Å². The first-order valence-corrected chi connectivity index (χ1v) is 9.28. The zero-order valence-electron chi connectivity index (χ0n) is 16.6. The van der Waals surface area contributed by atoms with Crippen LogP contribution in [-0.2, 0) is 6.54 Å². The third-order valence-electron chi connectivity index (χ3n) is 4.72. The van der Waals surface area contributed by atoms with Crippen molar-refractivity contribution < 1.29 is 9.53 Å². The quantitative estimate of drug-likeness (QED) is 0.522. The molecule has 0 spiro atoms. The fraction of sp³-hybridized carbons (Fsp3) is 0.130. The summed E-state index contributed by atoms with van der Waals surface area (Å²) < 4.78 is 6.86. The topological polar surface area (TPSA) is 95.9 Å². The number of rotatable bonds is 5. The molecule has 0 bridgehead atoms. The van der Waals surface area contributed by atoms with Gasteiger partial charge >= 0.3 is 6.01 Å². The number of primary amides is 1. The number of hydrogen-bond acceptors (Lipinski definition) is 5. The van der Waals surface area contributed by atoms with Gasteiger partial charge in [-0.15, -0.1) is 5.92 Å². The number of methoxy groups -OCH3 is 1. The molecule has 148 valence electrons. The van der Waals surface area contributed by atoms with Gasteiger partial charge in [0.15, 0.2) is 0 Å². The molecule has 2 aromatic heterocycles. The molecule has 0 atom stereocenters. The third kappa shape index (κ3) is 3.59. The van der Waals surface area contributed by atoms with Crippen molar-refractivity contribution in [3.05, 3.63) is 71.5 Å². The third-order valence-corrected chi connectivity index (χ3v) is 4.72. The zero-order valence-corrected chi connectivity index (χ0v) is 16.6. The van der Waals surface area contributed by atoms with E-state index in [0.717, 1.165) is 27.8 Å². The van der Waals surface area contributed by atoms with Gasteiger partial charge in [-0.1, -0.05) is 30.2 Å². The first-order valence-electron chi connectivity index (χ1n) is 9.28. The van der Waals surface area contributed by atoms with Gasteiger partial charge in [-0.3, -0.25) is 9.48 Å². The Bertz CT molecular complexity index is 1300. The lowest BCUT2D eigenvalue weighted by molar-refractivity contribution is 0.100. The number of carbonyl (C=O) groups excluding carboxylic acids is 1. The maximum absolute atomic E-state index is 12.0. The SMILES string of the molecule is CC#Cc1ccc(C(N)=O)c2c1cnn2Cc1ccc(-c2ccnc(OC)n2)cc1. The normalized spacial score (nSPS) is 10.5. The Morgan fingerprint density at radius 2 is 1.97 bits per heavy atom. The van der Waals surface area contributed by atoms with Crippen LogP contribution >= 0.6 is 0 Å². The lowest BCUT2D eigenvalue weighted by atomic mass is 10.0. The highest BCUT2D eigenvalue weighted by Gasteiger charge is 2.15. The Morgan fingerprint density at radius 3 is 2.67 bits per heavy atom. The summed E-state index contributed by atoms with van der Waals surface area (Å²) in [6, 6.07) is 13.6. The molecule has 0 aliphatic carbocycles. The molecule has 0 radical (unpaired) electrons. The molecule has 4 rings (SSSR count). The number of amides is 1. The molecular formula is C23H19N5O2. The smallest absolute Gasteiger partial charge is 0.316 e. The lowest BCUT2D eigenvalue weighted by Crippen LogP contribution is -2.14. The second kappa shape index (κ2) is 8.05. The number of fused-ring (bicyclic) bond motifs is 1. The molecule has 1 amide bonds. The molecule has 30 heavy (non-hydrogen) atoms. The van der Waals surface area contributed by atoms with Gasteiger partial charge < -0.3 is 10.5 Å². The fourth-order valence-electron chi connectivity index (χ4n) is 3.32. The highest BCUT2D eigenvalue weighted by Crippen LogP contribution is 2.24. The van der Waals surface area contributed by atoms with Crippen LogP contribution in [0.4, 0.5) is 0 Å². The molecule has 0 saturated carbocycles. The Morgan fingerprint density at radius 1 is 1.17 bits per heavy atom. The van der Waals surface area contributed by atoms with Crippen molar-refractivity contribution in [1.82, 2.24) is 19.7 Å². The minimum absolute atomic E-state index is 0.324. The van der Waals surface area contributed by atoms with E-state index in [2.05, 4.69) is 26.9 Å². The van der Waals surface area contributed by atoms with Gasteiger partial charge in [0.2, 0.25) is 0 Å². The number of ether oxygens (including phenoxy) is 1. The van der Waals surface area contributed by atoms with Crippen LogP contribution in [0.1, 0.15) is 28.4 Å². The zero-order chi connectivity index (χ0) is 21.1. The van der Waals surface area contributed by atoms with Gasteiger partial charge in [-0.25, -0.2) is 4.98 Å². The van der Waals surface area contributed by atoms with Crippen LogP contribution in [-0.4, -0.2) is 32.8 Å². The molecule has 7 heteroatoms. The van der Waals surface area contributed by atoms with Crippen LogP contribution in [0.5, 0.6) is 6.01 Å². The van der Waals surface area contributed by atoms with Crippen LogP contribution in [0.15, 0.2) is 54.9 Å². The predicted octanol–water partition coefficient (Wildman–Crippen LogP) is 3.02. The van der Waals surface area contributed by atoms with E-state index < -0.39 is 5.91 Å². The average molecular weight is 397 g/mol. The molecule has 0 fully saturated rings. The highest BCUT2D eigenvalue weighted by molar-refractivity contribution is 6.06. The number of hydrogen-bond donors (Lipinski definition) is 1. The molecule has 2 aromatic carbocycles. The summed E-state index contributed by atoms with van der Waals surface area (Å²) >= 11 is 0. The van der Waals surface area contributed by atoms with Gasteiger partial charge in [-0.2, -0.15) is 10.1 Å². The Hall–Kier alpha value is -4.18. The molecule has 2 heterocycles. The number of benzene rings is 2. The van der Waals surface area contributed by atoms with E-state index in [9.17, 15) is 4.79 Å². The monoisotopic (exact) mass is 397 g/mol. The number of nitrogens with zero attached hydrogens (tertiary/aromatic N) is 4. The Kier molecular flexibility index (Phi) is 5.14. The van der Waals surface area contributed by atoms with Crippen molar-refractivity contribution in [1.29, 1.82) is 0 Å². The highest BCUT2D eigenvalue weighted by atomic mass is 16.5. The Labute approximate surface area is 173 Å². The predicted molar refractivity (Wildman–Crippen MR) is 114 cm³/mol. The van der Waals surface area contributed by atoms with E-state index in [-0.39, 0.29) is 0 Å². The molecule has 7 nitrogen and oxygen atoms in total. The van der Waals surface area contributed by atoms with E-state index in [1.165, 1.54) is 7.11 Å². The minimum atomic E-state index is -0.495. The van der Waals surface area contributed by atoms with Crippen molar-refractivity contribution in [3.8, 4) is 29.1 Å². The van der Waals surface area contributed by atoms with E-state index in [1.54, 1.807) is 36.1 Å². The summed E-state index contributed by atoms with van der Waals surface area (Å²) in [5.74, 6) is 5.45. The maximum Gasteiger partial charge on any atom is 0.316 e.